The number of alkyl halides is 3. The molecule has 154 valence electrons. The molecule has 0 spiro atoms. The minimum absolute atomic E-state index is 0.292. The molecule has 0 radical (unpaired) electrons. The van der Waals surface area contributed by atoms with Crippen molar-refractivity contribution in [3.8, 4) is 0 Å². The molecule has 2 heterocycles. The molecule has 1 amide bonds. The number of rotatable bonds is 7. The zero-order chi connectivity index (χ0) is 21.1. The van der Waals surface area contributed by atoms with Gasteiger partial charge in [0.15, 0.2) is 0 Å². The van der Waals surface area contributed by atoms with Gasteiger partial charge in [-0.15, -0.1) is 0 Å². The smallest absolute Gasteiger partial charge is 0.374 e. The summed E-state index contributed by atoms with van der Waals surface area (Å²) in [6.45, 7) is 0.0899. The molecule has 11 heteroatoms. The van der Waals surface area contributed by atoms with E-state index < -0.39 is 29.9 Å². The zero-order valence-electron chi connectivity index (χ0n) is 15.5. The van der Waals surface area contributed by atoms with Gasteiger partial charge in [-0.25, -0.2) is 14.6 Å². The molecule has 2 N–H and O–H groups in total. The molecular formula is C18H19F3N6O2. The Balaban J connectivity index is 1.61. The molecule has 1 unspecified atom stereocenters. The molecule has 0 saturated carbocycles. The standard InChI is InChI=1S/C18H19F3N6O2/c1-26-9-8-24-16(26)17(29,18(19,20)21)6-7-23-15(28)14-4-2-13(3-5-14)10-27-12-22-11-25-27/h2-5,8-9,11-12,29H,6-7,10H2,1H3,(H,23,28). The Kier molecular flexibility index (Phi) is 5.69. The number of aliphatic hydroxyl groups is 1. The first-order chi connectivity index (χ1) is 13.7. The molecular weight excluding hydrogens is 389 g/mol. The summed E-state index contributed by atoms with van der Waals surface area (Å²) in [6.07, 6.45) is -0.257. The highest BCUT2D eigenvalue weighted by Crippen LogP contribution is 2.40. The van der Waals surface area contributed by atoms with Crippen LogP contribution in [-0.2, 0) is 19.2 Å². The Bertz CT molecular complexity index is 953. The number of hydrogen-bond donors (Lipinski definition) is 2. The van der Waals surface area contributed by atoms with Crippen LogP contribution in [0.1, 0.15) is 28.2 Å². The monoisotopic (exact) mass is 408 g/mol. The van der Waals surface area contributed by atoms with E-state index in [0.717, 1.165) is 10.1 Å². The Hall–Kier alpha value is -3.21. The highest BCUT2D eigenvalue weighted by atomic mass is 19.4. The Morgan fingerprint density at radius 1 is 1.24 bits per heavy atom. The molecule has 29 heavy (non-hydrogen) atoms. The van der Waals surface area contributed by atoms with Gasteiger partial charge < -0.3 is 15.0 Å². The number of nitrogens with zero attached hydrogens (tertiary/aromatic N) is 5. The third-order valence-electron chi connectivity index (χ3n) is 4.46. The second-order valence-electron chi connectivity index (χ2n) is 6.52. The number of aryl methyl sites for hydroxylation is 1. The van der Waals surface area contributed by atoms with E-state index in [2.05, 4.69) is 20.4 Å². The maximum atomic E-state index is 13.5. The average molecular weight is 408 g/mol. The van der Waals surface area contributed by atoms with Crippen LogP contribution < -0.4 is 5.32 Å². The number of imidazole rings is 1. The highest BCUT2D eigenvalue weighted by Gasteiger charge is 2.57. The first-order valence-corrected chi connectivity index (χ1v) is 8.67. The summed E-state index contributed by atoms with van der Waals surface area (Å²) in [5, 5.41) is 16.7. The first kappa shape index (κ1) is 20.5. The van der Waals surface area contributed by atoms with Gasteiger partial charge >= 0.3 is 6.18 Å². The summed E-state index contributed by atoms with van der Waals surface area (Å²) in [4.78, 5) is 19.7. The molecule has 0 saturated heterocycles. The molecule has 0 aliphatic heterocycles. The Morgan fingerprint density at radius 3 is 2.52 bits per heavy atom. The SMILES string of the molecule is Cn1ccnc1C(O)(CCNC(=O)c1ccc(Cn2cncn2)cc1)C(F)(F)F. The molecule has 1 aromatic carbocycles. The summed E-state index contributed by atoms with van der Waals surface area (Å²) < 4.78 is 43.1. The van der Waals surface area contributed by atoms with Gasteiger partial charge in [-0.05, 0) is 17.7 Å². The van der Waals surface area contributed by atoms with Gasteiger partial charge in [0.05, 0.1) is 6.54 Å². The Labute approximate surface area is 164 Å². The topological polar surface area (TPSA) is 97.9 Å². The van der Waals surface area contributed by atoms with Crippen LogP contribution in [0.2, 0.25) is 0 Å². The van der Waals surface area contributed by atoms with Gasteiger partial charge in [-0.3, -0.25) is 4.79 Å². The third kappa shape index (κ3) is 4.45. The van der Waals surface area contributed by atoms with Gasteiger partial charge in [-0.1, -0.05) is 12.1 Å². The molecule has 3 aromatic rings. The van der Waals surface area contributed by atoms with Crippen molar-refractivity contribution in [2.24, 2.45) is 7.05 Å². The average Bonchev–Trinajstić information content (AvgIpc) is 3.33. The van der Waals surface area contributed by atoms with Crippen LogP contribution in [0.5, 0.6) is 0 Å². The second-order valence-corrected chi connectivity index (χ2v) is 6.52. The molecule has 2 aromatic heterocycles. The molecule has 0 aliphatic carbocycles. The maximum absolute atomic E-state index is 13.5. The van der Waals surface area contributed by atoms with Crippen LogP contribution in [0, 0.1) is 0 Å². The van der Waals surface area contributed by atoms with Gasteiger partial charge in [0.2, 0.25) is 5.60 Å². The number of benzene rings is 1. The number of aromatic nitrogens is 5. The van der Waals surface area contributed by atoms with E-state index in [1.807, 2.05) is 0 Å². The van der Waals surface area contributed by atoms with E-state index in [1.54, 1.807) is 35.3 Å². The fourth-order valence-corrected chi connectivity index (χ4v) is 2.87. The maximum Gasteiger partial charge on any atom is 0.424 e. The summed E-state index contributed by atoms with van der Waals surface area (Å²) >= 11 is 0. The zero-order valence-corrected chi connectivity index (χ0v) is 15.5. The van der Waals surface area contributed by atoms with Crippen LogP contribution >= 0.6 is 0 Å². The number of hydrogen-bond acceptors (Lipinski definition) is 5. The quantitative estimate of drug-likeness (QED) is 0.619. The number of amides is 1. The summed E-state index contributed by atoms with van der Waals surface area (Å²) in [5.74, 6) is -1.07. The summed E-state index contributed by atoms with van der Waals surface area (Å²) in [5.41, 5.74) is -1.99. The van der Waals surface area contributed by atoms with Gasteiger partial charge in [0, 0.05) is 38.0 Å². The van der Waals surface area contributed by atoms with Crippen LogP contribution in [0.3, 0.4) is 0 Å². The fourth-order valence-electron chi connectivity index (χ4n) is 2.87. The largest absolute Gasteiger partial charge is 0.424 e. The molecule has 8 nitrogen and oxygen atoms in total. The molecule has 0 fully saturated rings. The van der Waals surface area contributed by atoms with Crippen molar-refractivity contribution >= 4 is 5.91 Å². The van der Waals surface area contributed by atoms with Crippen LogP contribution in [0.15, 0.2) is 49.3 Å². The van der Waals surface area contributed by atoms with Crippen molar-refractivity contribution in [3.05, 3.63) is 66.3 Å². The minimum Gasteiger partial charge on any atom is -0.374 e. The number of carbonyl (C=O) groups is 1. The molecule has 1 atom stereocenters. The predicted molar refractivity (Wildman–Crippen MR) is 95.7 cm³/mol. The van der Waals surface area contributed by atoms with Crippen molar-refractivity contribution in [1.82, 2.24) is 29.6 Å². The van der Waals surface area contributed by atoms with Gasteiger partial charge in [0.25, 0.3) is 5.91 Å². The van der Waals surface area contributed by atoms with E-state index in [9.17, 15) is 23.1 Å². The number of carbonyl (C=O) groups excluding carboxylic acids is 1. The van der Waals surface area contributed by atoms with Crippen LogP contribution in [-0.4, -0.2) is 48.1 Å². The van der Waals surface area contributed by atoms with Crippen molar-refractivity contribution in [2.45, 2.75) is 24.7 Å². The van der Waals surface area contributed by atoms with Crippen molar-refractivity contribution in [1.29, 1.82) is 0 Å². The highest BCUT2D eigenvalue weighted by molar-refractivity contribution is 5.94. The second kappa shape index (κ2) is 8.03. The lowest BCUT2D eigenvalue weighted by molar-refractivity contribution is -0.272. The summed E-state index contributed by atoms with van der Waals surface area (Å²) in [7, 11) is 1.36. The van der Waals surface area contributed by atoms with Gasteiger partial charge in [0.1, 0.15) is 18.5 Å². The first-order valence-electron chi connectivity index (χ1n) is 8.67. The molecule has 0 aliphatic rings. The van der Waals surface area contributed by atoms with Crippen LogP contribution in [0.4, 0.5) is 13.2 Å². The lowest BCUT2D eigenvalue weighted by atomic mass is 9.97. The fraction of sp³-hybridized carbons (Fsp3) is 0.333. The number of halogens is 3. The summed E-state index contributed by atoms with van der Waals surface area (Å²) in [6, 6.07) is 6.57. The molecule has 0 bridgehead atoms. The number of nitrogens with one attached hydrogen (secondary N) is 1. The van der Waals surface area contributed by atoms with Crippen molar-refractivity contribution in [3.63, 3.8) is 0 Å². The lowest BCUT2D eigenvalue weighted by Gasteiger charge is -2.30. The Morgan fingerprint density at radius 2 is 1.97 bits per heavy atom. The van der Waals surface area contributed by atoms with E-state index in [-0.39, 0.29) is 6.54 Å². The molecule has 3 rings (SSSR count). The van der Waals surface area contributed by atoms with E-state index >= 15 is 0 Å². The van der Waals surface area contributed by atoms with Crippen molar-refractivity contribution < 1.29 is 23.1 Å². The third-order valence-corrected chi connectivity index (χ3v) is 4.46. The lowest BCUT2D eigenvalue weighted by Crippen LogP contribution is -2.46. The van der Waals surface area contributed by atoms with Crippen molar-refractivity contribution in [2.75, 3.05) is 6.54 Å². The van der Waals surface area contributed by atoms with Crippen LogP contribution in [0.25, 0.3) is 0 Å². The predicted octanol–water partition coefficient (Wildman–Crippen LogP) is 1.63. The van der Waals surface area contributed by atoms with Gasteiger partial charge in [-0.2, -0.15) is 18.3 Å². The minimum atomic E-state index is -4.94. The normalized spacial score (nSPS) is 13.8. The van der Waals surface area contributed by atoms with E-state index in [1.165, 1.54) is 25.8 Å². The van der Waals surface area contributed by atoms with E-state index in [4.69, 9.17) is 0 Å². The van der Waals surface area contributed by atoms with E-state index in [0.29, 0.717) is 12.1 Å².